The lowest BCUT2D eigenvalue weighted by atomic mass is 9.70. The number of furan rings is 1. The van der Waals surface area contributed by atoms with E-state index in [0.29, 0.717) is 35.4 Å². The number of ketones is 1. The predicted octanol–water partition coefficient (Wildman–Crippen LogP) is 3.54. The fourth-order valence-corrected chi connectivity index (χ4v) is 4.22. The molecule has 1 atom stereocenters. The molecule has 0 saturated heterocycles. The maximum absolute atomic E-state index is 13.1. The van der Waals surface area contributed by atoms with Gasteiger partial charge in [0, 0.05) is 35.4 Å². The van der Waals surface area contributed by atoms with E-state index in [1.54, 1.807) is 41.5 Å². The normalized spacial score (nSPS) is 21.6. The average Bonchev–Trinajstić information content (AvgIpc) is 3.14. The van der Waals surface area contributed by atoms with Crippen LogP contribution in [0.4, 0.5) is 5.69 Å². The third-order valence-electron chi connectivity index (χ3n) is 5.44. The Kier molecular flexibility index (Phi) is 4.22. The number of carbonyl (C=O) groups excluding carboxylic acids is 3. The summed E-state index contributed by atoms with van der Waals surface area (Å²) in [6.45, 7) is 4.06. The van der Waals surface area contributed by atoms with Crippen molar-refractivity contribution in [2.75, 3.05) is 4.90 Å². The lowest BCUT2D eigenvalue weighted by Gasteiger charge is -2.42. The molecule has 0 bridgehead atoms. The molecule has 6 heteroatoms. The van der Waals surface area contributed by atoms with Crippen molar-refractivity contribution in [3.8, 4) is 0 Å². The second-order valence-electron chi connectivity index (χ2n) is 8.21. The maximum atomic E-state index is 13.1. The van der Waals surface area contributed by atoms with Crippen molar-refractivity contribution in [1.29, 1.82) is 0 Å². The van der Waals surface area contributed by atoms with E-state index in [1.807, 2.05) is 19.9 Å². The summed E-state index contributed by atoms with van der Waals surface area (Å²) >= 11 is 0. The summed E-state index contributed by atoms with van der Waals surface area (Å²) in [6.07, 6.45) is 2.77. The molecule has 2 aliphatic rings. The fourth-order valence-electron chi connectivity index (χ4n) is 4.22. The average molecular weight is 378 g/mol. The second kappa shape index (κ2) is 6.48. The Morgan fingerprint density at radius 2 is 1.86 bits per heavy atom. The summed E-state index contributed by atoms with van der Waals surface area (Å²) in [4.78, 5) is 39.2. The SMILES string of the molecule is CC1(C)CC(=O)C2=C(C1)N(c1ccc(C(N)=O)cc1)C(=O)CC2c1ccco1. The predicted molar refractivity (Wildman–Crippen MR) is 104 cm³/mol. The second-order valence-corrected chi connectivity index (χ2v) is 8.21. The van der Waals surface area contributed by atoms with Gasteiger partial charge in [0.1, 0.15) is 5.76 Å². The minimum atomic E-state index is -0.525. The first-order valence-corrected chi connectivity index (χ1v) is 9.29. The molecule has 2 aromatic rings. The van der Waals surface area contributed by atoms with Crippen LogP contribution in [-0.4, -0.2) is 17.6 Å². The molecule has 6 nitrogen and oxygen atoms in total. The third-order valence-corrected chi connectivity index (χ3v) is 5.44. The number of primary amides is 1. The van der Waals surface area contributed by atoms with Crippen molar-refractivity contribution < 1.29 is 18.8 Å². The first kappa shape index (κ1) is 18.2. The van der Waals surface area contributed by atoms with E-state index in [2.05, 4.69) is 0 Å². The van der Waals surface area contributed by atoms with Crippen LogP contribution in [0.2, 0.25) is 0 Å². The van der Waals surface area contributed by atoms with Crippen molar-refractivity contribution in [3.05, 3.63) is 65.3 Å². The molecule has 2 N–H and O–H groups in total. The molecule has 2 heterocycles. The van der Waals surface area contributed by atoms with Crippen molar-refractivity contribution in [2.24, 2.45) is 11.1 Å². The highest BCUT2D eigenvalue weighted by Crippen LogP contribution is 2.48. The fraction of sp³-hybridized carbons (Fsp3) is 0.318. The van der Waals surface area contributed by atoms with Gasteiger partial charge in [0.25, 0.3) is 0 Å². The zero-order valence-corrected chi connectivity index (χ0v) is 15.9. The quantitative estimate of drug-likeness (QED) is 0.884. The van der Waals surface area contributed by atoms with Crippen LogP contribution >= 0.6 is 0 Å². The van der Waals surface area contributed by atoms with Crippen LogP contribution in [0.15, 0.2) is 58.3 Å². The molecule has 1 aromatic heterocycles. The van der Waals surface area contributed by atoms with Crippen molar-refractivity contribution in [2.45, 2.75) is 39.0 Å². The number of nitrogens with two attached hydrogens (primary N) is 1. The Hall–Kier alpha value is -3.15. The summed E-state index contributed by atoms with van der Waals surface area (Å²) < 4.78 is 5.55. The van der Waals surface area contributed by atoms with Crippen molar-refractivity contribution in [1.82, 2.24) is 0 Å². The minimum Gasteiger partial charge on any atom is -0.469 e. The third kappa shape index (κ3) is 3.05. The monoisotopic (exact) mass is 378 g/mol. The summed E-state index contributed by atoms with van der Waals surface area (Å²) in [5.41, 5.74) is 7.46. The molecule has 0 radical (unpaired) electrons. The molecule has 1 aliphatic carbocycles. The number of nitrogens with zero attached hydrogens (tertiary/aromatic N) is 1. The van der Waals surface area contributed by atoms with E-state index >= 15 is 0 Å². The summed E-state index contributed by atoms with van der Waals surface area (Å²) in [7, 11) is 0. The van der Waals surface area contributed by atoms with Crippen LogP contribution in [0.25, 0.3) is 0 Å². The highest BCUT2D eigenvalue weighted by molar-refractivity contribution is 6.07. The van der Waals surface area contributed by atoms with E-state index in [4.69, 9.17) is 10.2 Å². The number of hydrogen-bond acceptors (Lipinski definition) is 4. The van der Waals surface area contributed by atoms with Gasteiger partial charge in [-0.05, 0) is 48.2 Å². The van der Waals surface area contributed by atoms with Crippen molar-refractivity contribution in [3.63, 3.8) is 0 Å². The molecule has 1 aliphatic heterocycles. The van der Waals surface area contributed by atoms with Gasteiger partial charge in [-0.2, -0.15) is 0 Å². The van der Waals surface area contributed by atoms with Crippen LogP contribution in [0.5, 0.6) is 0 Å². The Labute approximate surface area is 163 Å². The van der Waals surface area contributed by atoms with E-state index < -0.39 is 5.91 Å². The lowest BCUT2D eigenvalue weighted by molar-refractivity contribution is -0.121. The number of amides is 2. The largest absolute Gasteiger partial charge is 0.469 e. The maximum Gasteiger partial charge on any atom is 0.248 e. The molecule has 28 heavy (non-hydrogen) atoms. The molecule has 4 rings (SSSR count). The summed E-state index contributed by atoms with van der Waals surface area (Å²) in [5.74, 6) is -0.292. The Morgan fingerprint density at radius 1 is 1.14 bits per heavy atom. The van der Waals surface area contributed by atoms with Crippen LogP contribution in [-0.2, 0) is 9.59 Å². The number of allylic oxidation sites excluding steroid dienone is 2. The molecule has 144 valence electrons. The van der Waals surface area contributed by atoms with Gasteiger partial charge < -0.3 is 10.2 Å². The van der Waals surface area contributed by atoms with Crippen LogP contribution in [0.3, 0.4) is 0 Å². The van der Waals surface area contributed by atoms with Gasteiger partial charge in [0.05, 0.1) is 12.2 Å². The summed E-state index contributed by atoms with van der Waals surface area (Å²) in [5, 5.41) is 0. The highest BCUT2D eigenvalue weighted by atomic mass is 16.3. The number of Topliss-reactive ketones (excluding diaryl/α,β-unsaturated/α-hetero) is 1. The van der Waals surface area contributed by atoms with Gasteiger partial charge >= 0.3 is 0 Å². The molecular weight excluding hydrogens is 356 g/mol. The van der Waals surface area contributed by atoms with Gasteiger partial charge in [0.15, 0.2) is 5.78 Å². The number of hydrogen-bond donors (Lipinski definition) is 1. The molecule has 1 aromatic carbocycles. The molecular formula is C22H22N2O4. The van der Waals surface area contributed by atoms with E-state index in [-0.39, 0.29) is 29.4 Å². The first-order chi connectivity index (χ1) is 13.3. The van der Waals surface area contributed by atoms with Crippen LogP contribution < -0.4 is 10.6 Å². The number of benzene rings is 1. The Morgan fingerprint density at radius 3 is 2.46 bits per heavy atom. The zero-order chi connectivity index (χ0) is 20.1. The number of anilines is 1. The molecule has 2 amide bonds. The summed E-state index contributed by atoms with van der Waals surface area (Å²) in [6, 6.07) is 10.2. The van der Waals surface area contributed by atoms with Gasteiger partial charge in [-0.1, -0.05) is 13.8 Å². The minimum absolute atomic E-state index is 0.0545. The number of carbonyl (C=O) groups is 3. The highest BCUT2D eigenvalue weighted by Gasteiger charge is 2.45. The smallest absolute Gasteiger partial charge is 0.248 e. The van der Waals surface area contributed by atoms with E-state index in [1.165, 1.54) is 0 Å². The van der Waals surface area contributed by atoms with Crippen molar-refractivity contribution >= 4 is 23.3 Å². The Balaban J connectivity index is 1.85. The van der Waals surface area contributed by atoms with E-state index in [9.17, 15) is 14.4 Å². The zero-order valence-electron chi connectivity index (χ0n) is 15.9. The molecule has 1 unspecified atom stereocenters. The first-order valence-electron chi connectivity index (χ1n) is 9.29. The Bertz CT molecular complexity index is 984. The van der Waals surface area contributed by atoms with Gasteiger partial charge in [-0.15, -0.1) is 0 Å². The van der Waals surface area contributed by atoms with Crippen LogP contribution in [0.1, 0.15) is 55.1 Å². The topological polar surface area (TPSA) is 93.6 Å². The number of rotatable bonds is 3. The van der Waals surface area contributed by atoms with Gasteiger partial charge in [-0.3, -0.25) is 19.3 Å². The molecule has 0 saturated carbocycles. The van der Waals surface area contributed by atoms with Crippen LogP contribution in [0, 0.1) is 5.41 Å². The molecule has 0 fully saturated rings. The molecule has 0 spiro atoms. The van der Waals surface area contributed by atoms with E-state index in [0.717, 1.165) is 5.70 Å². The van der Waals surface area contributed by atoms with Gasteiger partial charge in [-0.25, -0.2) is 0 Å². The van der Waals surface area contributed by atoms with Gasteiger partial charge in [0.2, 0.25) is 11.8 Å². The standard InChI is InChI=1S/C22H22N2O4/c1-22(2)11-16-20(17(25)12-22)15(18-4-3-9-28-18)10-19(26)24(16)14-7-5-13(6-8-14)21(23)27/h3-9,15H,10-12H2,1-2H3,(H2,23,27). The lowest BCUT2D eigenvalue weighted by Crippen LogP contribution is -2.43.